The molecule has 0 aliphatic heterocycles. The van der Waals surface area contributed by atoms with E-state index in [1.807, 2.05) is 18.2 Å². The van der Waals surface area contributed by atoms with Crippen LogP contribution in [0.1, 0.15) is 32.3 Å². The minimum atomic E-state index is -0.700. The molecule has 1 aromatic carbocycles. The van der Waals surface area contributed by atoms with Crippen molar-refractivity contribution in [2.45, 2.75) is 45.3 Å². The van der Waals surface area contributed by atoms with E-state index in [2.05, 4.69) is 6.92 Å². The van der Waals surface area contributed by atoms with E-state index in [0.29, 0.717) is 25.2 Å². The Morgan fingerprint density at radius 2 is 1.95 bits per heavy atom. The summed E-state index contributed by atoms with van der Waals surface area (Å²) >= 11 is 0. The van der Waals surface area contributed by atoms with Gasteiger partial charge in [0.1, 0.15) is 0 Å². The molecular weight excluding hydrogens is 244 g/mol. The quantitative estimate of drug-likeness (QED) is 0.758. The summed E-state index contributed by atoms with van der Waals surface area (Å²) in [5.41, 5.74) is 1.06. The van der Waals surface area contributed by atoms with Gasteiger partial charge >= 0.3 is 0 Å². The fraction of sp³-hybridized carbons (Fsp3) is 0.600. The molecule has 1 rings (SSSR count). The van der Waals surface area contributed by atoms with Crippen LogP contribution >= 0.6 is 0 Å². The van der Waals surface area contributed by atoms with Gasteiger partial charge in [0.2, 0.25) is 0 Å². The number of benzene rings is 1. The van der Waals surface area contributed by atoms with Gasteiger partial charge < -0.3 is 19.7 Å². The number of hydrogen-bond donors (Lipinski definition) is 2. The second-order valence-electron chi connectivity index (χ2n) is 4.68. The highest BCUT2D eigenvalue weighted by Gasteiger charge is 2.12. The van der Waals surface area contributed by atoms with E-state index in [0.717, 1.165) is 17.7 Å². The third-order valence-corrected chi connectivity index (χ3v) is 2.98. The van der Waals surface area contributed by atoms with Crippen molar-refractivity contribution in [3.63, 3.8) is 0 Å². The third-order valence-electron chi connectivity index (χ3n) is 2.98. The lowest BCUT2D eigenvalue weighted by Gasteiger charge is -2.14. The van der Waals surface area contributed by atoms with Crippen LogP contribution in [0.25, 0.3) is 0 Å². The smallest absolute Gasteiger partial charge is 0.161 e. The fourth-order valence-corrected chi connectivity index (χ4v) is 1.75. The first-order valence-electron chi connectivity index (χ1n) is 6.74. The minimum absolute atomic E-state index is 0.524. The molecule has 19 heavy (non-hydrogen) atoms. The van der Waals surface area contributed by atoms with E-state index in [9.17, 15) is 10.2 Å². The van der Waals surface area contributed by atoms with Gasteiger partial charge in [0.05, 0.1) is 25.9 Å². The Morgan fingerprint density at radius 1 is 1.21 bits per heavy atom. The van der Waals surface area contributed by atoms with Crippen molar-refractivity contribution in [2.75, 3.05) is 13.7 Å². The van der Waals surface area contributed by atoms with E-state index >= 15 is 0 Å². The molecule has 0 spiro atoms. The zero-order valence-corrected chi connectivity index (χ0v) is 11.9. The van der Waals surface area contributed by atoms with Crippen molar-refractivity contribution < 1.29 is 19.7 Å². The number of rotatable bonds is 8. The van der Waals surface area contributed by atoms with Crippen LogP contribution in [0, 0.1) is 0 Å². The Hall–Kier alpha value is -1.26. The Labute approximate surface area is 115 Å². The molecule has 0 radical (unpaired) electrons. The number of hydrogen-bond acceptors (Lipinski definition) is 4. The van der Waals surface area contributed by atoms with E-state index in [4.69, 9.17) is 9.47 Å². The standard InChI is InChI=1S/C15H24O4/c1-4-9-19-14-8-6-12(10-15(14)18-3)5-7-13(17)11(2)16/h6,8,10-11,13,16-17H,4-5,7,9H2,1-3H3. The molecule has 0 aliphatic rings. The summed E-state index contributed by atoms with van der Waals surface area (Å²) in [6, 6.07) is 5.76. The summed E-state index contributed by atoms with van der Waals surface area (Å²) in [5.74, 6) is 1.45. The van der Waals surface area contributed by atoms with Crippen LogP contribution in [0.15, 0.2) is 18.2 Å². The molecule has 108 valence electrons. The van der Waals surface area contributed by atoms with Gasteiger partial charge in [-0.15, -0.1) is 0 Å². The van der Waals surface area contributed by atoms with E-state index in [1.54, 1.807) is 14.0 Å². The molecule has 0 aliphatic carbocycles. The summed E-state index contributed by atoms with van der Waals surface area (Å²) in [5, 5.41) is 18.8. The lowest BCUT2D eigenvalue weighted by atomic mass is 10.0. The van der Waals surface area contributed by atoms with Crippen LogP contribution in [-0.2, 0) is 6.42 Å². The molecule has 0 bridgehead atoms. The molecule has 0 saturated heterocycles. The molecule has 0 heterocycles. The highest BCUT2D eigenvalue weighted by Crippen LogP contribution is 2.28. The van der Waals surface area contributed by atoms with Gasteiger partial charge in [-0.05, 0) is 43.9 Å². The first-order chi connectivity index (χ1) is 9.08. The van der Waals surface area contributed by atoms with Gasteiger partial charge in [0.15, 0.2) is 11.5 Å². The molecule has 0 amide bonds. The van der Waals surface area contributed by atoms with Crippen LogP contribution in [0.4, 0.5) is 0 Å². The van der Waals surface area contributed by atoms with Gasteiger partial charge in [0.25, 0.3) is 0 Å². The van der Waals surface area contributed by atoms with Gasteiger partial charge in [-0.3, -0.25) is 0 Å². The number of aliphatic hydroxyl groups is 2. The van der Waals surface area contributed by atoms with Crippen LogP contribution in [-0.4, -0.2) is 36.1 Å². The zero-order chi connectivity index (χ0) is 14.3. The summed E-state index contributed by atoms with van der Waals surface area (Å²) < 4.78 is 10.9. The molecule has 2 unspecified atom stereocenters. The maximum absolute atomic E-state index is 9.58. The SMILES string of the molecule is CCCOc1ccc(CCC(O)C(C)O)cc1OC. The van der Waals surface area contributed by atoms with Crippen molar-refractivity contribution in [3.05, 3.63) is 23.8 Å². The zero-order valence-electron chi connectivity index (χ0n) is 11.9. The van der Waals surface area contributed by atoms with Crippen LogP contribution in [0.3, 0.4) is 0 Å². The molecule has 0 fully saturated rings. The molecule has 0 saturated carbocycles. The average Bonchev–Trinajstić information content (AvgIpc) is 2.42. The van der Waals surface area contributed by atoms with Gasteiger partial charge in [-0.1, -0.05) is 13.0 Å². The summed E-state index contributed by atoms with van der Waals surface area (Å²) in [6.45, 7) is 4.31. The average molecular weight is 268 g/mol. The van der Waals surface area contributed by atoms with Crippen LogP contribution in [0.2, 0.25) is 0 Å². The first-order valence-corrected chi connectivity index (χ1v) is 6.74. The number of aliphatic hydroxyl groups excluding tert-OH is 2. The van der Waals surface area contributed by atoms with Crippen molar-refractivity contribution in [3.8, 4) is 11.5 Å². The maximum atomic E-state index is 9.58. The largest absolute Gasteiger partial charge is 0.493 e. The van der Waals surface area contributed by atoms with Crippen LogP contribution in [0.5, 0.6) is 11.5 Å². The number of ether oxygens (including phenoxy) is 2. The Kier molecular flexibility index (Phi) is 6.67. The topological polar surface area (TPSA) is 58.9 Å². The van der Waals surface area contributed by atoms with Gasteiger partial charge in [-0.25, -0.2) is 0 Å². The molecule has 2 atom stereocenters. The summed E-state index contributed by atoms with van der Waals surface area (Å²) in [4.78, 5) is 0. The number of aryl methyl sites for hydroxylation is 1. The fourth-order valence-electron chi connectivity index (χ4n) is 1.75. The maximum Gasteiger partial charge on any atom is 0.161 e. The molecule has 2 N–H and O–H groups in total. The molecule has 4 heteroatoms. The lowest BCUT2D eigenvalue weighted by Crippen LogP contribution is -2.22. The Bertz CT molecular complexity index is 376. The van der Waals surface area contributed by atoms with E-state index in [-0.39, 0.29) is 0 Å². The monoisotopic (exact) mass is 268 g/mol. The van der Waals surface area contributed by atoms with Crippen molar-refractivity contribution in [1.29, 1.82) is 0 Å². The van der Waals surface area contributed by atoms with Crippen molar-refractivity contribution in [1.82, 2.24) is 0 Å². The highest BCUT2D eigenvalue weighted by atomic mass is 16.5. The Morgan fingerprint density at radius 3 is 2.53 bits per heavy atom. The molecule has 4 nitrogen and oxygen atoms in total. The van der Waals surface area contributed by atoms with Crippen molar-refractivity contribution in [2.24, 2.45) is 0 Å². The number of methoxy groups -OCH3 is 1. The molecule has 1 aromatic rings. The summed E-state index contributed by atoms with van der Waals surface area (Å²) in [7, 11) is 1.61. The lowest BCUT2D eigenvalue weighted by molar-refractivity contribution is 0.0265. The van der Waals surface area contributed by atoms with E-state index < -0.39 is 12.2 Å². The predicted molar refractivity (Wildman–Crippen MR) is 74.8 cm³/mol. The third kappa shape index (κ3) is 5.09. The van der Waals surface area contributed by atoms with E-state index in [1.165, 1.54) is 0 Å². The predicted octanol–water partition coefficient (Wildman–Crippen LogP) is 2.16. The normalized spacial score (nSPS) is 13.9. The second kappa shape index (κ2) is 8.02. The van der Waals surface area contributed by atoms with Crippen molar-refractivity contribution >= 4 is 0 Å². The molecular formula is C15H24O4. The molecule has 0 aromatic heterocycles. The highest BCUT2D eigenvalue weighted by molar-refractivity contribution is 5.43. The van der Waals surface area contributed by atoms with Gasteiger partial charge in [-0.2, -0.15) is 0 Å². The van der Waals surface area contributed by atoms with Crippen LogP contribution < -0.4 is 9.47 Å². The second-order valence-corrected chi connectivity index (χ2v) is 4.68. The Balaban J connectivity index is 2.65. The van der Waals surface area contributed by atoms with Gasteiger partial charge in [0, 0.05) is 0 Å². The summed E-state index contributed by atoms with van der Waals surface area (Å²) in [6.07, 6.45) is 0.772. The minimum Gasteiger partial charge on any atom is -0.493 e. The first kappa shape index (κ1) is 15.8.